The zero-order valence-corrected chi connectivity index (χ0v) is 14.9. The predicted molar refractivity (Wildman–Crippen MR) is 103 cm³/mol. The van der Waals surface area contributed by atoms with Gasteiger partial charge in [-0.15, -0.1) is 0 Å². The van der Waals surface area contributed by atoms with Crippen LogP contribution in [0.15, 0.2) is 64.0 Å². The molecule has 4 rings (SSSR count). The number of benzene rings is 2. The summed E-state index contributed by atoms with van der Waals surface area (Å²) < 4.78 is 5.72. The Morgan fingerprint density at radius 3 is 2.80 bits per heavy atom. The Labute approximate surface area is 154 Å². The molecule has 0 spiro atoms. The number of halogens is 1. The summed E-state index contributed by atoms with van der Waals surface area (Å²) in [5.74, 6) is 1.08. The van der Waals surface area contributed by atoms with Crippen LogP contribution in [-0.2, 0) is 0 Å². The summed E-state index contributed by atoms with van der Waals surface area (Å²) in [7, 11) is 0. The average molecular weight is 371 g/mol. The number of furan rings is 1. The van der Waals surface area contributed by atoms with E-state index in [0.717, 1.165) is 17.6 Å². The second-order valence-electron chi connectivity index (χ2n) is 5.65. The first-order valence-electron chi connectivity index (χ1n) is 7.99. The van der Waals surface area contributed by atoms with E-state index in [1.807, 2.05) is 42.5 Å². The van der Waals surface area contributed by atoms with Crippen LogP contribution in [0.4, 0.5) is 5.69 Å². The molecule has 0 bridgehead atoms. The van der Waals surface area contributed by atoms with Gasteiger partial charge in [0, 0.05) is 17.7 Å². The third kappa shape index (κ3) is 3.30. The monoisotopic (exact) mass is 370 g/mol. The van der Waals surface area contributed by atoms with Crippen molar-refractivity contribution in [1.29, 1.82) is 0 Å². The lowest BCUT2D eigenvalue weighted by molar-refractivity contribution is 0.0821. The minimum atomic E-state index is -0.172. The van der Waals surface area contributed by atoms with Crippen LogP contribution in [0, 0.1) is 0 Å². The third-order valence-electron chi connectivity index (χ3n) is 3.94. The molecular formula is C19H15ClN2O2S. The number of amides is 1. The molecule has 126 valence electrons. The summed E-state index contributed by atoms with van der Waals surface area (Å²) in [5, 5.41) is 2.14. The van der Waals surface area contributed by atoms with Gasteiger partial charge < -0.3 is 4.42 Å². The third-order valence-corrected chi connectivity index (χ3v) is 5.32. The summed E-state index contributed by atoms with van der Waals surface area (Å²) in [6.07, 6.45) is 0.915. The van der Waals surface area contributed by atoms with Crippen LogP contribution in [0.2, 0.25) is 5.02 Å². The van der Waals surface area contributed by atoms with Crippen molar-refractivity contribution in [3.05, 3.63) is 65.4 Å². The lowest BCUT2D eigenvalue weighted by Gasteiger charge is -2.27. The molecule has 2 heterocycles. The van der Waals surface area contributed by atoms with E-state index in [2.05, 4.69) is 4.99 Å². The molecule has 0 unspecified atom stereocenters. The van der Waals surface area contributed by atoms with Gasteiger partial charge in [0.15, 0.2) is 10.9 Å². The van der Waals surface area contributed by atoms with Crippen LogP contribution in [0.1, 0.15) is 17.0 Å². The molecule has 1 aliphatic heterocycles. The number of fused-ring (bicyclic) bond motifs is 1. The van der Waals surface area contributed by atoms with Crippen LogP contribution in [0.25, 0.3) is 11.0 Å². The number of amidine groups is 1. The Hall–Kier alpha value is -2.24. The summed E-state index contributed by atoms with van der Waals surface area (Å²) in [5.41, 5.74) is 1.37. The molecule has 25 heavy (non-hydrogen) atoms. The molecule has 2 aromatic carbocycles. The van der Waals surface area contributed by atoms with Crippen molar-refractivity contribution >= 4 is 51.1 Å². The first-order chi connectivity index (χ1) is 12.2. The van der Waals surface area contributed by atoms with Gasteiger partial charge in [-0.25, -0.2) is 4.99 Å². The number of carbonyl (C=O) groups is 1. The maximum absolute atomic E-state index is 13.0. The highest BCUT2D eigenvalue weighted by molar-refractivity contribution is 8.13. The number of carbonyl (C=O) groups excluding carboxylic acids is 1. The topological polar surface area (TPSA) is 45.8 Å². The molecule has 1 amide bonds. The molecule has 0 aliphatic carbocycles. The number of hydrogen-bond acceptors (Lipinski definition) is 4. The minimum absolute atomic E-state index is 0.172. The Morgan fingerprint density at radius 1 is 1.16 bits per heavy atom. The molecule has 1 saturated heterocycles. The van der Waals surface area contributed by atoms with Gasteiger partial charge in [0.1, 0.15) is 5.58 Å². The Kier molecular flexibility index (Phi) is 4.51. The Bertz CT molecular complexity index is 934. The van der Waals surface area contributed by atoms with Crippen molar-refractivity contribution in [2.75, 3.05) is 12.3 Å². The van der Waals surface area contributed by atoms with E-state index >= 15 is 0 Å². The van der Waals surface area contributed by atoms with E-state index in [1.165, 1.54) is 0 Å². The second kappa shape index (κ2) is 6.94. The summed E-state index contributed by atoms with van der Waals surface area (Å²) >= 11 is 7.76. The van der Waals surface area contributed by atoms with E-state index in [1.54, 1.807) is 28.8 Å². The highest BCUT2D eigenvalue weighted by atomic mass is 35.5. The quantitative estimate of drug-likeness (QED) is 0.610. The molecule has 0 atom stereocenters. The molecule has 1 fully saturated rings. The Balaban J connectivity index is 1.68. The van der Waals surface area contributed by atoms with Gasteiger partial charge in [0.25, 0.3) is 5.91 Å². The van der Waals surface area contributed by atoms with Gasteiger partial charge in [-0.05, 0) is 30.7 Å². The molecule has 0 radical (unpaired) electrons. The number of rotatable bonds is 2. The van der Waals surface area contributed by atoms with E-state index in [4.69, 9.17) is 16.0 Å². The van der Waals surface area contributed by atoms with E-state index in [-0.39, 0.29) is 5.91 Å². The van der Waals surface area contributed by atoms with Crippen molar-refractivity contribution in [1.82, 2.24) is 4.90 Å². The fourth-order valence-corrected chi connectivity index (χ4v) is 3.83. The number of hydrogen-bond donors (Lipinski definition) is 0. The molecule has 0 saturated carbocycles. The van der Waals surface area contributed by atoms with Gasteiger partial charge in [0.05, 0.1) is 10.7 Å². The number of para-hydroxylation sites is 2. The lowest BCUT2D eigenvalue weighted by Crippen LogP contribution is -2.39. The largest absolute Gasteiger partial charge is 0.451 e. The minimum Gasteiger partial charge on any atom is -0.451 e. The molecule has 0 N–H and O–H groups in total. The molecular weight excluding hydrogens is 356 g/mol. The summed E-state index contributed by atoms with van der Waals surface area (Å²) in [6.45, 7) is 0.617. The fourth-order valence-electron chi connectivity index (χ4n) is 2.71. The van der Waals surface area contributed by atoms with Crippen molar-refractivity contribution in [3.63, 3.8) is 0 Å². The standard InChI is InChI=1S/C19H15ClN2O2S/c20-14-7-2-3-8-15(14)21-19-22(10-5-11-25-19)18(23)17-12-13-6-1-4-9-16(13)24-17/h1-4,6-9,12H,5,10-11H2. The van der Waals surface area contributed by atoms with Gasteiger partial charge >= 0.3 is 0 Å². The fraction of sp³-hybridized carbons (Fsp3) is 0.158. The Morgan fingerprint density at radius 2 is 1.96 bits per heavy atom. The van der Waals surface area contributed by atoms with Crippen LogP contribution >= 0.6 is 23.4 Å². The molecule has 3 aromatic rings. The number of thioether (sulfide) groups is 1. The maximum atomic E-state index is 13.0. The molecule has 1 aliphatic rings. The smallest absolute Gasteiger partial charge is 0.295 e. The predicted octanol–water partition coefficient (Wildman–Crippen LogP) is 5.35. The first kappa shape index (κ1) is 16.2. The summed E-state index contributed by atoms with van der Waals surface area (Å²) in [6, 6.07) is 16.8. The molecule has 1 aromatic heterocycles. The van der Waals surface area contributed by atoms with Crippen molar-refractivity contribution < 1.29 is 9.21 Å². The van der Waals surface area contributed by atoms with E-state index in [9.17, 15) is 4.79 Å². The van der Waals surface area contributed by atoms with Crippen LogP contribution in [0.3, 0.4) is 0 Å². The van der Waals surface area contributed by atoms with E-state index in [0.29, 0.717) is 33.8 Å². The van der Waals surface area contributed by atoms with Crippen molar-refractivity contribution in [2.24, 2.45) is 4.99 Å². The van der Waals surface area contributed by atoms with Crippen LogP contribution < -0.4 is 0 Å². The first-order valence-corrected chi connectivity index (χ1v) is 9.35. The number of nitrogens with zero attached hydrogens (tertiary/aromatic N) is 2. The second-order valence-corrected chi connectivity index (χ2v) is 7.12. The SMILES string of the molecule is O=C(c1cc2ccccc2o1)N1CCCSC1=Nc1ccccc1Cl. The summed E-state index contributed by atoms with van der Waals surface area (Å²) in [4.78, 5) is 19.2. The van der Waals surface area contributed by atoms with Crippen molar-refractivity contribution in [2.45, 2.75) is 6.42 Å². The zero-order valence-electron chi connectivity index (χ0n) is 13.3. The van der Waals surface area contributed by atoms with Gasteiger partial charge in [-0.1, -0.05) is 53.7 Å². The van der Waals surface area contributed by atoms with Crippen molar-refractivity contribution in [3.8, 4) is 0 Å². The maximum Gasteiger partial charge on any atom is 0.295 e. The highest BCUT2D eigenvalue weighted by Gasteiger charge is 2.27. The van der Waals surface area contributed by atoms with Gasteiger partial charge in [0.2, 0.25) is 0 Å². The van der Waals surface area contributed by atoms with Gasteiger partial charge in [-0.2, -0.15) is 0 Å². The average Bonchev–Trinajstić information content (AvgIpc) is 3.08. The lowest BCUT2D eigenvalue weighted by atomic mass is 10.2. The number of aliphatic imine (C=N–C) groups is 1. The normalized spacial score (nSPS) is 16.5. The molecule has 4 nitrogen and oxygen atoms in total. The highest BCUT2D eigenvalue weighted by Crippen LogP contribution is 2.29. The van der Waals surface area contributed by atoms with Crippen LogP contribution in [0.5, 0.6) is 0 Å². The van der Waals surface area contributed by atoms with E-state index < -0.39 is 0 Å². The van der Waals surface area contributed by atoms with Gasteiger partial charge in [-0.3, -0.25) is 9.69 Å². The van der Waals surface area contributed by atoms with Crippen LogP contribution in [-0.4, -0.2) is 28.3 Å². The zero-order chi connectivity index (χ0) is 17.2. The molecule has 6 heteroatoms.